The molecule has 1 amide bonds. The third-order valence-electron chi connectivity index (χ3n) is 9.22. The number of hydrogen-bond acceptors (Lipinski definition) is 4. The highest BCUT2D eigenvalue weighted by Gasteiger charge is 2.39. The van der Waals surface area contributed by atoms with Crippen LogP contribution in [0.4, 0.5) is 4.79 Å². The summed E-state index contributed by atoms with van der Waals surface area (Å²) in [6, 6.07) is 43.7. The number of carbonyl (C=O) groups is 2. The number of aryl methyl sites for hydroxylation is 1. The molecule has 1 unspecified atom stereocenters. The van der Waals surface area contributed by atoms with Crippen LogP contribution in [-0.2, 0) is 21.5 Å². The Balaban J connectivity index is 1.15. The number of benzene rings is 5. The van der Waals surface area contributed by atoms with Crippen molar-refractivity contribution in [2.75, 3.05) is 6.61 Å². The van der Waals surface area contributed by atoms with Gasteiger partial charge in [-0.2, -0.15) is 0 Å². The van der Waals surface area contributed by atoms with Gasteiger partial charge in [0.15, 0.2) is 0 Å². The zero-order valence-electron chi connectivity index (χ0n) is 26.5. The second-order valence-corrected chi connectivity index (χ2v) is 12.1. The fourth-order valence-electron chi connectivity index (χ4n) is 6.94. The Bertz CT molecular complexity index is 1970. The van der Waals surface area contributed by atoms with Crippen LogP contribution in [0, 0.1) is 6.92 Å². The zero-order chi connectivity index (χ0) is 33.1. The van der Waals surface area contributed by atoms with E-state index in [0.717, 1.165) is 44.5 Å². The van der Waals surface area contributed by atoms with Crippen molar-refractivity contribution in [1.29, 1.82) is 0 Å². The molecule has 1 atom stereocenters. The lowest BCUT2D eigenvalue weighted by Crippen LogP contribution is -2.43. The first-order valence-corrected chi connectivity index (χ1v) is 16.0. The van der Waals surface area contributed by atoms with E-state index in [1.54, 1.807) is 6.33 Å². The first kappa shape index (κ1) is 30.7. The number of carboxylic acids is 1. The fraction of sp³-hybridized carbons (Fsp3) is 0.146. The van der Waals surface area contributed by atoms with Gasteiger partial charge in [-0.3, -0.25) is 0 Å². The van der Waals surface area contributed by atoms with E-state index in [0.29, 0.717) is 5.69 Å². The number of ether oxygens (including phenoxy) is 1. The second kappa shape index (κ2) is 13.0. The molecular formula is C41H35N3O4. The quantitative estimate of drug-likeness (QED) is 0.152. The molecule has 1 heterocycles. The molecule has 0 bridgehead atoms. The van der Waals surface area contributed by atoms with Gasteiger partial charge in [0.05, 0.1) is 12.0 Å². The molecule has 7 nitrogen and oxygen atoms in total. The largest absolute Gasteiger partial charge is 0.480 e. The smallest absolute Gasteiger partial charge is 0.407 e. The van der Waals surface area contributed by atoms with Crippen molar-refractivity contribution in [2.24, 2.45) is 0 Å². The van der Waals surface area contributed by atoms with Crippen LogP contribution in [-0.4, -0.2) is 39.4 Å². The van der Waals surface area contributed by atoms with Crippen LogP contribution in [0.25, 0.3) is 11.1 Å². The van der Waals surface area contributed by atoms with E-state index in [4.69, 9.17) is 4.74 Å². The molecule has 2 N–H and O–H groups in total. The molecule has 6 aromatic rings. The lowest BCUT2D eigenvalue weighted by atomic mass is 9.76. The molecule has 0 saturated carbocycles. The number of fused-ring (bicyclic) bond motifs is 3. The Labute approximate surface area is 279 Å². The zero-order valence-corrected chi connectivity index (χ0v) is 26.5. The first-order valence-electron chi connectivity index (χ1n) is 16.0. The fourth-order valence-corrected chi connectivity index (χ4v) is 6.94. The van der Waals surface area contributed by atoms with Crippen molar-refractivity contribution in [3.05, 3.63) is 185 Å². The monoisotopic (exact) mass is 633 g/mol. The van der Waals surface area contributed by atoms with Gasteiger partial charge in [-0.25, -0.2) is 14.6 Å². The number of nitrogens with one attached hydrogen (secondary N) is 1. The summed E-state index contributed by atoms with van der Waals surface area (Å²) in [4.78, 5) is 30.1. The van der Waals surface area contributed by atoms with Gasteiger partial charge in [0, 0.05) is 18.5 Å². The second-order valence-electron chi connectivity index (χ2n) is 12.1. The van der Waals surface area contributed by atoms with E-state index in [9.17, 15) is 14.7 Å². The van der Waals surface area contributed by atoms with E-state index in [1.165, 1.54) is 0 Å². The van der Waals surface area contributed by atoms with E-state index in [-0.39, 0.29) is 18.9 Å². The van der Waals surface area contributed by atoms with Crippen LogP contribution in [0.5, 0.6) is 0 Å². The van der Waals surface area contributed by atoms with Crippen molar-refractivity contribution in [3.8, 4) is 11.1 Å². The molecular weight excluding hydrogens is 598 g/mol. The van der Waals surface area contributed by atoms with Crippen LogP contribution < -0.4 is 5.32 Å². The number of aliphatic carboxylic acids is 1. The molecule has 0 saturated heterocycles. The Morgan fingerprint density at radius 2 is 1.29 bits per heavy atom. The van der Waals surface area contributed by atoms with Crippen LogP contribution in [0.3, 0.4) is 0 Å². The van der Waals surface area contributed by atoms with Gasteiger partial charge in [-0.1, -0.05) is 139 Å². The van der Waals surface area contributed by atoms with Crippen molar-refractivity contribution < 1.29 is 19.4 Å². The molecule has 1 aliphatic carbocycles. The third kappa shape index (κ3) is 5.64. The van der Waals surface area contributed by atoms with Gasteiger partial charge in [0.1, 0.15) is 18.2 Å². The van der Waals surface area contributed by atoms with Gasteiger partial charge in [-0.05, 0) is 45.9 Å². The topological polar surface area (TPSA) is 93.5 Å². The number of amides is 1. The summed E-state index contributed by atoms with van der Waals surface area (Å²) in [5, 5.41) is 12.7. The summed E-state index contributed by atoms with van der Waals surface area (Å²) >= 11 is 0. The minimum Gasteiger partial charge on any atom is -0.480 e. The Kier molecular flexibility index (Phi) is 8.34. The molecule has 48 heavy (non-hydrogen) atoms. The standard InChI is InChI=1S/C41H35N3O4/c1-28-20-22-31(23-21-28)41(29-12-4-2-5-13-29,30-14-6-3-7-15-30)44-25-32(42-27-44)24-38(39(45)46)43-40(47)48-26-37-35-18-10-8-16-33(35)34-17-9-11-19-36(34)37/h2-23,25,27,37-38H,24,26H2,1H3,(H,43,47)(H,45,46). The summed E-state index contributed by atoms with van der Waals surface area (Å²) in [5.41, 5.74) is 8.35. The normalized spacial score (nSPS) is 12.9. The van der Waals surface area contributed by atoms with Gasteiger partial charge >= 0.3 is 12.1 Å². The van der Waals surface area contributed by atoms with E-state index in [2.05, 4.69) is 77.9 Å². The van der Waals surface area contributed by atoms with Crippen LogP contribution in [0.15, 0.2) is 146 Å². The highest BCUT2D eigenvalue weighted by atomic mass is 16.5. The maximum absolute atomic E-state index is 13.1. The third-order valence-corrected chi connectivity index (χ3v) is 9.22. The highest BCUT2D eigenvalue weighted by Crippen LogP contribution is 2.45. The lowest BCUT2D eigenvalue weighted by Gasteiger charge is -2.37. The molecule has 7 heteroatoms. The van der Waals surface area contributed by atoms with Crippen molar-refractivity contribution in [1.82, 2.24) is 14.9 Å². The molecule has 1 aromatic heterocycles. The molecule has 0 fully saturated rings. The number of hydrogen-bond donors (Lipinski definition) is 2. The number of aromatic nitrogens is 2. The predicted octanol–water partition coefficient (Wildman–Crippen LogP) is 7.57. The molecule has 0 spiro atoms. The summed E-state index contributed by atoms with van der Waals surface area (Å²) in [6.07, 6.45) is 2.79. The van der Waals surface area contributed by atoms with Crippen molar-refractivity contribution >= 4 is 12.1 Å². The molecule has 238 valence electrons. The summed E-state index contributed by atoms with van der Waals surface area (Å²) in [7, 11) is 0. The Morgan fingerprint density at radius 3 is 1.85 bits per heavy atom. The van der Waals surface area contributed by atoms with Crippen molar-refractivity contribution in [2.45, 2.75) is 30.8 Å². The SMILES string of the molecule is Cc1ccc(C(c2ccccc2)(c2ccccc2)n2cnc(CC(NC(=O)OCC3c4ccccc4-c4ccccc43)C(=O)O)c2)cc1. The molecule has 5 aromatic carbocycles. The van der Waals surface area contributed by atoms with E-state index >= 15 is 0 Å². The number of rotatable bonds is 10. The van der Waals surface area contributed by atoms with Gasteiger partial charge in [0.25, 0.3) is 0 Å². The molecule has 7 rings (SSSR count). The lowest BCUT2D eigenvalue weighted by molar-refractivity contribution is -0.139. The number of carboxylic acid groups (broad SMARTS) is 1. The summed E-state index contributed by atoms with van der Waals surface area (Å²) in [5.74, 6) is -1.30. The number of imidazole rings is 1. The van der Waals surface area contributed by atoms with E-state index < -0.39 is 23.6 Å². The van der Waals surface area contributed by atoms with Crippen molar-refractivity contribution in [3.63, 3.8) is 0 Å². The maximum atomic E-state index is 13.1. The minimum atomic E-state index is -1.24. The number of alkyl carbamates (subject to hydrolysis) is 1. The van der Waals surface area contributed by atoms with Crippen LogP contribution in [0.1, 0.15) is 45.0 Å². The number of nitrogens with zero attached hydrogens (tertiary/aromatic N) is 2. The summed E-state index contributed by atoms with van der Waals surface area (Å²) < 4.78 is 7.69. The number of carbonyl (C=O) groups excluding carboxylic acids is 1. The minimum absolute atomic E-state index is 0.0277. The molecule has 0 radical (unpaired) electrons. The van der Waals surface area contributed by atoms with Crippen LogP contribution in [0.2, 0.25) is 0 Å². The van der Waals surface area contributed by atoms with E-state index in [1.807, 2.05) is 83.6 Å². The van der Waals surface area contributed by atoms with Crippen LogP contribution >= 0.6 is 0 Å². The predicted molar refractivity (Wildman–Crippen MR) is 185 cm³/mol. The Hall–Kier alpha value is -5.95. The highest BCUT2D eigenvalue weighted by molar-refractivity contribution is 5.81. The molecule has 0 aliphatic heterocycles. The van der Waals surface area contributed by atoms with Gasteiger partial charge in [-0.15, -0.1) is 0 Å². The summed E-state index contributed by atoms with van der Waals surface area (Å²) in [6.45, 7) is 2.15. The average Bonchev–Trinajstić information content (AvgIpc) is 3.72. The average molecular weight is 634 g/mol. The first-order chi connectivity index (χ1) is 23.4. The van der Waals surface area contributed by atoms with Gasteiger partial charge in [0.2, 0.25) is 0 Å². The molecule has 1 aliphatic rings. The maximum Gasteiger partial charge on any atom is 0.407 e. The van der Waals surface area contributed by atoms with Gasteiger partial charge < -0.3 is 19.7 Å². The Morgan fingerprint density at radius 1 is 0.771 bits per heavy atom.